The first-order valence-electron chi connectivity index (χ1n) is 8.74. The zero-order valence-electron chi connectivity index (χ0n) is 15.5. The molecule has 0 saturated heterocycles. The summed E-state index contributed by atoms with van der Waals surface area (Å²) >= 11 is 0. The quantitative estimate of drug-likeness (QED) is 0.606. The average molecular weight is 412 g/mol. The number of aromatic nitrogens is 5. The normalized spacial score (nSPS) is 14.7. The predicted octanol–water partition coefficient (Wildman–Crippen LogP) is 1.37. The lowest BCUT2D eigenvalue weighted by atomic mass is 9.98. The van der Waals surface area contributed by atoms with Crippen LogP contribution in [0.5, 0.6) is 0 Å². The molecule has 4 rings (SSSR count). The molecule has 1 aromatic carbocycles. The summed E-state index contributed by atoms with van der Waals surface area (Å²) in [6.45, 7) is 1.85. The molecule has 1 atom stereocenters. The molecule has 2 N–H and O–H groups in total. The second-order valence-corrected chi connectivity index (χ2v) is 6.58. The first-order valence-corrected chi connectivity index (χ1v) is 8.74. The standard InChI is InChI=1S/C18H16N6O5.CH4/c1-8-9-5-6-12(11(9)4-3-10(8)17(28)29-2)19-15(25)14-7-13(16(26)27)20-18-21-22-23-24(14)18;/h3-4,7,12H,5-6H2,1-2H3,(H,19,25)(H,26,27);1H4/t12-;/m0./s1. The van der Waals surface area contributed by atoms with Gasteiger partial charge in [-0.05, 0) is 52.9 Å². The lowest BCUT2D eigenvalue weighted by molar-refractivity contribution is 0.0598. The highest BCUT2D eigenvalue weighted by Crippen LogP contribution is 2.35. The molecule has 1 amide bonds. The second kappa shape index (κ2) is 7.85. The van der Waals surface area contributed by atoms with Crippen LogP contribution in [0.1, 0.15) is 67.9 Å². The van der Waals surface area contributed by atoms with E-state index < -0.39 is 17.8 Å². The molecule has 0 spiro atoms. The zero-order valence-corrected chi connectivity index (χ0v) is 15.5. The highest BCUT2D eigenvalue weighted by atomic mass is 16.5. The number of rotatable bonds is 4. The monoisotopic (exact) mass is 412 g/mol. The lowest BCUT2D eigenvalue weighted by Crippen LogP contribution is -2.29. The summed E-state index contributed by atoms with van der Waals surface area (Å²) in [6, 6.07) is 4.31. The first kappa shape index (κ1) is 20.8. The van der Waals surface area contributed by atoms with Gasteiger partial charge < -0.3 is 15.2 Å². The van der Waals surface area contributed by atoms with Crippen LogP contribution in [-0.4, -0.2) is 55.1 Å². The Labute approximate surface area is 171 Å². The largest absolute Gasteiger partial charge is 0.477 e. The molecule has 3 aromatic rings. The van der Waals surface area contributed by atoms with Gasteiger partial charge in [-0.1, -0.05) is 18.6 Å². The maximum atomic E-state index is 12.9. The van der Waals surface area contributed by atoms with Crippen molar-refractivity contribution in [2.75, 3.05) is 7.11 Å². The fourth-order valence-electron chi connectivity index (χ4n) is 3.60. The van der Waals surface area contributed by atoms with E-state index in [4.69, 9.17) is 4.74 Å². The number of aromatic carboxylic acids is 1. The number of ether oxygens (including phenoxy) is 1. The Bertz CT molecular complexity index is 1170. The zero-order chi connectivity index (χ0) is 20.7. The van der Waals surface area contributed by atoms with Crippen LogP contribution in [0.15, 0.2) is 18.2 Å². The number of hydrogen-bond acceptors (Lipinski definition) is 8. The Morgan fingerprint density at radius 2 is 2.07 bits per heavy atom. The van der Waals surface area contributed by atoms with Gasteiger partial charge in [0, 0.05) is 6.07 Å². The fourth-order valence-corrected chi connectivity index (χ4v) is 3.60. The van der Waals surface area contributed by atoms with E-state index in [2.05, 4.69) is 25.8 Å². The minimum absolute atomic E-state index is 0. The number of carbonyl (C=O) groups excluding carboxylic acids is 2. The number of methoxy groups -OCH3 is 1. The van der Waals surface area contributed by atoms with Crippen molar-refractivity contribution in [3.63, 3.8) is 0 Å². The Hall–Kier alpha value is -3.89. The van der Waals surface area contributed by atoms with Gasteiger partial charge >= 0.3 is 11.9 Å². The molecular weight excluding hydrogens is 392 g/mol. The van der Waals surface area contributed by atoms with Gasteiger partial charge in [0.2, 0.25) is 0 Å². The average Bonchev–Trinajstić information content (AvgIpc) is 3.34. The van der Waals surface area contributed by atoms with Crippen molar-refractivity contribution >= 4 is 23.6 Å². The third-order valence-corrected chi connectivity index (χ3v) is 5.03. The maximum Gasteiger partial charge on any atom is 0.354 e. The van der Waals surface area contributed by atoms with Crippen molar-refractivity contribution < 1.29 is 24.2 Å². The van der Waals surface area contributed by atoms with Crippen LogP contribution in [0, 0.1) is 6.92 Å². The van der Waals surface area contributed by atoms with Crippen LogP contribution in [0.4, 0.5) is 0 Å². The molecule has 156 valence electrons. The molecule has 1 aliphatic carbocycles. The minimum Gasteiger partial charge on any atom is -0.477 e. The predicted molar refractivity (Wildman–Crippen MR) is 103 cm³/mol. The second-order valence-electron chi connectivity index (χ2n) is 6.58. The van der Waals surface area contributed by atoms with Crippen molar-refractivity contribution in [1.82, 2.24) is 30.3 Å². The van der Waals surface area contributed by atoms with E-state index in [-0.39, 0.29) is 30.6 Å². The van der Waals surface area contributed by atoms with Crippen molar-refractivity contribution in [1.29, 1.82) is 0 Å². The summed E-state index contributed by atoms with van der Waals surface area (Å²) in [6.07, 6.45) is 1.33. The van der Waals surface area contributed by atoms with E-state index in [1.807, 2.05) is 6.92 Å². The number of fused-ring (bicyclic) bond motifs is 2. The molecule has 11 heteroatoms. The van der Waals surface area contributed by atoms with E-state index >= 15 is 0 Å². The van der Waals surface area contributed by atoms with Gasteiger partial charge in [0.05, 0.1) is 18.7 Å². The molecule has 0 radical (unpaired) electrons. The molecule has 0 saturated carbocycles. The highest BCUT2D eigenvalue weighted by molar-refractivity contribution is 5.96. The summed E-state index contributed by atoms with van der Waals surface area (Å²) in [4.78, 5) is 39.9. The Balaban J connectivity index is 0.00000256. The third kappa shape index (κ3) is 3.34. The summed E-state index contributed by atoms with van der Waals surface area (Å²) < 4.78 is 5.89. The molecule has 0 aliphatic heterocycles. The minimum atomic E-state index is -1.29. The summed E-state index contributed by atoms with van der Waals surface area (Å²) in [5.74, 6) is -2.31. The van der Waals surface area contributed by atoms with Gasteiger partial charge in [-0.25, -0.2) is 14.6 Å². The summed E-state index contributed by atoms with van der Waals surface area (Å²) in [5, 5.41) is 22.9. The van der Waals surface area contributed by atoms with E-state index in [9.17, 15) is 19.5 Å². The van der Waals surface area contributed by atoms with E-state index in [0.717, 1.165) is 27.3 Å². The van der Waals surface area contributed by atoms with Gasteiger partial charge in [-0.2, -0.15) is 4.52 Å². The number of carboxylic acid groups (broad SMARTS) is 1. The Morgan fingerprint density at radius 3 is 2.77 bits per heavy atom. The van der Waals surface area contributed by atoms with Gasteiger partial charge in [0.1, 0.15) is 5.69 Å². The molecular formula is C19H20N6O5. The van der Waals surface area contributed by atoms with Crippen molar-refractivity contribution in [3.05, 3.63) is 51.8 Å². The number of benzene rings is 1. The highest BCUT2D eigenvalue weighted by Gasteiger charge is 2.29. The molecule has 2 heterocycles. The molecule has 0 unspecified atom stereocenters. The Kier molecular flexibility index (Phi) is 5.45. The summed E-state index contributed by atoms with van der Waals surface area (Å²) in [7, 11) is 1.33. The lowest BCUT2D eigenvalue weighted by Gasteiger charge is -2.16. The fraction of sp³-hybridized carbons (Fsp3) is 0.316. The maximum absolute atomic E-state index is 12.9. The SMILES string of the molecule is C.COC(=O)c1ccc2c(c1C)CC[C@@H]2NC(=O)c1cc(C(=O)O)nc2nnnn12. The molecule has 2 aromatic heterocycles. The topological polar surface area (TPSA) is 149 Å². The van der Waals surface area contributed by atoms with Crippen LogP contribution < -0.4 is 5.32 Å². The van der Waals surface area contributed by atoms with Crippen LogP contribution in [-0.2, 0) is 11.2 Å². The van der Waals surface area contributed by atoms with E-state index in [1.165, 1.54) is 7.11 Å². The van der Waals surface area contributed by atoms with Crippen molar-refractivity contribution in [2.24, 2.45) is 0 Å². The first-order chi connectivity index (χ1) is 13.9. The van der Waals surface area contributed by atoms with Gasteiger partial charge in [0.15, 0.2) is 5.69 Å². The number of carboxylic acids is 1. The number of nitrogens with one attached hydrogen (secondary N) is 1. The van der Waals surface area contributed by atoms with Crippen LogP contribution in [0.3, 0.4) is 0 Å². The van der Waals surface area contributed by atoms with Crippen molar-refractivity contribution in [2.45, 2.75) is 33.2 Å². The van der Waals surface area contributed by atoms with Crippen molar-refractivity contribution in [3.8, 4) is 0 Å². The molecule has 11 nitrogen and oxygen atoms in total. The van der Waals surface area contributed by atoms with Gasteiger partial charge in [-0.15, -0.1) is 0 Å². The van der Waals surface area contributed by atoms with E-state index in [1.54, 1.807) is 12.1 Å². The number of nitrogens with zero attached hydrogens (tertiary/aromatic N) is 5. The number of esters is 1. The van der Waals surface area contributed by atoms with Gasteiger partial charge in [-0.3, -0.25) is 4.79 Å². The van der Waals surface area contributed by atoms with Crippen LogP contribution >= 0.6 is 0 Å². The smallest absolute Gasteiger partial charge is 0.354 e. The summed E-state index contributed by atoms with van der Waals surface area (Å²) in [5.41, 5.74) is 2.85. The van der Waals surface area contributed by atoms with Crippen LogP contribution in [0.25, 0.3) is 5.78 Å². The molecule has 0 bridgehead atoms. The van der Waals surface area contributed by atoms with Gasteiger partial charge in [0.25, 0.3) is 11.7 Å². The molecule has 30 heavy (non-hydrogen) atoms. The van der Waals surface area contributed by atoms with Crippen LogP contribution in [0.2, 0.25) is 0 Å². The number of amides is 1. The number of carbonyl (C=O) groups is 3. The van der Waals surface area contributed by atoms with E-state index in [0.29, 0.717) is 18.4 Å². The Morgan fingerprint density at radius 1 is 1.30 bits per heavy atom. The molecule has 0 fully saturated rings. The molecule has 1 aliphatic rings. The third-order valence-electron chi connectivity index (χ3n) is 5.03. The number of hydrogen-bond donors (Lipinski definition) is 2. The number of tetrazole rings is 1.